The van der Waals surface area contributed by atoms with Crippen molar-refractivity contribution in [2.24, 2.45) is 4.99 Å². The number of rotatable bonds is 8. The van der Waals surface area contributed by atoms with Crippen LogP contribution >= 0.6 is 0 Å². The second-order valence-corrected chi connectivity index (χ2v) is 7.23. The molecule has 0 bridgehead atoms. The average molecular weight is 400 g/mol. The van der Waals surface area contributed by atoms with Crippen molar-refractivity contribution in [1.29, 1.82) is 0 Å². The molecule has 1 aliphatic heterocycles. The summed E-state index contributed by atoms with van der Waals surface area (Å²) in [6, 6.07) is 4.23. The minimum atomic E-state index is 0.595. The van der Waals surface area contributed by atoms with Crippen molar-refractivity contribution in [2.75, 3.05) is 51.2 Å². The summed E-state index contributed by atoms with van der Waals surface area (Å²) in [5.74, 6) is 2.86. The Balaban J connectivity index is 1.51. The Morgan fingerprint density at radius 3 is 2.66 bits per heavy atom. The van der Waals surface area contributed by atoms with Gasteiger partial charge in [0.05, 0.1) is 6.54 Å². The molecule has 158 valence electrons. The van der Waals surface area contributed by atoms with Crippen LogP contribution in [0.15, 0.2) is 29.6 Å². The zero-order valence-electron chi connectivity index (χ0n) is 17.8. The minimum absolute atomic E-state index is 0.595. The lowest BCUT2D eigenvalue weighted by molar-refractivity contribution is 0.312. The molecule has 1 aliphatic rings. The second-order valence-electron chi connectivity index (χ2n) is 7.23. The molecule has 0 atom stereocenters. The number of hydrogen-bond acceptors (Lipinski definition) is 6. The van der Waals surface area contributed by atoms with Crippen LogP contribution in [0.5, 0.6) is 0 Å². The second kappa shape index (κ2) is 10.8. The van der Waals surface area contributed by atoms with Gasteiger partial charge in [0.1, 0.15) is 18.0 Å². The van der Waals surface area contributed by atoms with E-state index in [0.717, 1.165) is 75.4 Å². The number of piperazine rings is 1. The Hall–Kier alpha value is -2.68. The lowest BCUT2D eigenvalue weighted by atomic mass is 10.2. The van der Waals surface area contributed by atoms with Crippen LogP contribution in [-0.4, -0.2) is 76.9 Å². The smallest absolute Gasteiger partial charge is 0.191 e. The molecule has 29 heavy (non-hydrogen) atoms. The molecule has 2 aromatic heterocycles. The van der Waals surface area contributed by atoms with Gasteiger partial charge < -0.3 is 25.0 Å². The summed E-state index contributed by atoms with van der Waals surface area (Å²) in [4.78, 5) is 14.0. The number of anilines is 1. The fraction of sp³-hybridized carbons (Fsp3) is 0.600. The predicted octanol–water partition coefficient (Wildman–Crippen LogP) is 0.743. The summed E-state index contributed by atoms with van der Waals surface area (Å²) in [6.45, 7) is 11.4. The van der Waals surface area contributed by atoms with Gasteiger partial charge in [0.15, 0.2) is 5.96 Å². The predicted molar refractivity (Wildman–Crippen MR) is 116 cm³/mol. The van der Waals surface area contributed by atoms with Crippen molar-refractivity contribution in [1.82, 2.24) is 35.3 Å². The van der Waals surface area contributed by atoms with Crippen molar-refractivity contribution in [3.05, 3.63) is 36.0 Å². The van der Waals surface area contributed by atoms with Gasteiger partial charge in [-0.25, -0.2) is 9.98 Å². The molecule has 0 spiro atoms. The first-order valence-electron chi connectivity index (χ1n) is 10.5. The highest BCUT2D eigenvalue weighted by Crippen LogP contribution is 2.14. The number of guanidine groups is 1. The van der Waals surface area contributed by atoms with Crippen molar-refractivity contribution in [3.63, 3.8) is 0 Å². The first-order valence-corrected chi connectivity index (χ1v) is 10.5. The first kappa shape index (κ1) is 21.0. The highest BCUT2D eigenvalue weighted by Gasteiger charge is 2.14. The van der Waals surface area contributed by atoms with E-state index in [1.165, 1.54) is 0 Å². The van der Waals surface area contributed by atoms with E-state index in [0.29, 0.717) is 6.54 Å². The fourth-order valence-corrected chi connectivity index (χ4v) is 3.28. The third-order valence-corrected chi connectivity index (χ3v) is 5.06. The summed E-state index contributed by atoms with van der Waals surface area (Å²) in [5.41, 5.74) is 1.10. The van der Waals surface area contributed by atoms with Crippen LogP contribution in [0, 0.1) is 0 Å². The number of pyridine rings is 1. The number of hydrogen-bond donors (Lipinski definition) is 2. The third-order valence-electron chi connectivity index (χ3n) is 5.06. The maximum atomic E-state index is 4.69. The molecule has 0 saturated carbocycles. The number of nitrogens with one attached hydrogen (secondary N) is 2. The molecule has 2 N–H and O–H groups in total. The molecule has 0 aliphatic carbocycles. The van der Waals surface area contributed by atoms with Gasteiger partial charge >= 0.3 is 0 Å². The van der Waals surface area contributed by atoms with Gasteiger partial charge in [0.25, 0.3) is 0 Å². The Labute approximate surface area is 173 Å². The Morgan fingerprint density at radius 2 is 1.97 bits per heavy atom. The molecule has 1 fully saturated rings. The molecular formula is C20H33N9. The molecule has 9 nitrogen and oxygen atoms in total. The van der Waals surface area contributed by atoms with E-state index in [-0.39, 0.29) is 0 Å². The molecule has 0 aromatic carbocycles. The zero-order valence-corrected chi connectivity index (χ0v) is 17.8. The van der Waals surface area contributed by atoms with Gasteiger partial charge in [-0.05, 0) is 25.6 Å². The Morgan fingerprint density at radius 1 is 1.14 bits per heavy atom. The summed E-state index contributed by atoms with van der Waals surface area (Å²) in [6.07, 6.45) is 4.59. The van der Waals surface area contributed by atoms with E-state index >= 15 is 0 Å². The van der Waals surface area contributed by atoms with Crippen molar-refractivity contribution in [3.8, 4) is 0 Å². The fourth-order valence-electron chi connectivity index (χ4n) is 3.28. The summed E-state index contributed by atoms with van der Waals surface area (Å²) < 4.78 is 2.07. The van der Waals surface area contributed by atoms with Crippen molar-refractivity contribution < 1.29 is 0 Å². The van der Waals surface area contributed by atoms with Gasteiger partial charge in [-0.1, -0.05) is 13.0 Å². The lowest BCUT2D eigenvalue weighted by Crippen LogP contribution is -2.44. The number of aromatic nitrogens is 4. The highest BCUT2D eigenvalue weighted by atomic mass is 15.3. The largest absolute Gasteiger partial charge is 0.357 e. The maximum absolute atomic E-state index is 4.69. The molecule has 0 unspecified atom stereocenters. The number of aryl methyl sites for hydroxylation is 1. The number of likely N-dealkylation sites (N-methyl/N-ethyl adjacent to an activating group) is 1. The van der Waals surface area contributed by atoms with Crippen LogP contribution in [-0.2, 0) is 19.5 Å². The normalized spacial score (nSPS) is 15.6. The van der Waals surface area contributed by atoms with Crippen LogP contribution in [0.25, 0.3) is 0 Å². The minimum Gasteiger partial charge on any atom is -0.357 e. The van der Waals surface area contributed by atoms with E-state index < -0.39 is 0 Å². The van der Waals surface area contributed by atoms with Gasteiger partial charge in [0, 0.05) is 58.4 Å². The van der Waals surface area contributed by atoms with E-state index in [9.17, 15) is 0 Å². The van der Waals surface area contributed by atoms with Crippen LogP contribution in [0.2, 0.25) is 0 Å². The quantitative estimate of drug-likeness (QED) is 0.500. The van der Waals surface area contributed by atoms with Crippen LogP contribution in [0.3, 0.4) is 0 Å². The van der Waals surface area contributed by atoms with E-state index in [1.54, 1.807) is 6.33 Å². The van der Waals surface area contributed by atoms with E-state index in [4.69, 9.17) is 4.99 Å². The van der Waals surface area contributed by atoms with Gasteiger partial charge in [-0.2, -0.15) is 0 Å². The molecule has 9 heteroatoms. The molecule has 0 radical (unpaired) electrons. The Kier molecular flexibility index (Phi) is 7.80. The molecule has 1 saturated heterocycles. The monoisotopic (exact) mass is 399 g/mol. The molecule has 0 amide bonds. The topological polar surface area (TPSA) is 86.5 Å². The maximum Gasteiger partial charge on any atom is 0.191 e. The Bertz CT molecular complexity index is 761. The average Bonchev–Trinajstić information content (AvgIpc) is 3.20. The summed E-state index contributed by atoms with van der Waals surface area (Å²) >= 11 is 0. The zero-order chi connectivity index (χ0) is 20.5. The van der Waals surface area contributed by atoms with Crippen LogP contribution in [0.1, 0.15) is 25.2 Å². The molecular weight excluding hydrogens is 366 g/mol. The first-order chi connectivity index (χ1) is 14.2. The van der Waals surface area contributed by atoms with Gasteiger partial charge in [0.2, 0.25) is 0 Å². The van der Waals surface area contributed by atoms with Crippen molar-refractivity contribution in [2.45, 2.75) is 33.4 Å². The highest BCUT2D eigenvalue weighted by molar-refractivity contribution is 5.79. The third kappa shape index (κ3) is 6.15. The SMILES string of the molecule is CCNC(=NCc1ccc(N2CCN(C)CC2)nc1)NCCn1cnnc1CC. The number of aliphatic imine (C=N–C) groups is 1. The van der Waals surface area contributed by atoms with E-state index in [1.807, 2.05) is 6.20 Å². The van der Waals surface area contributed by atoms with Crippen molar-refractivity contribution >= 4 is 11.8 Å². The van der Waals surface area contributed by atoms with Gasteiger partial charge in [-0.15, -0.1) is 10.2 Å². The lowest BCUT2D eigenvalue weighted by Gasteiger charge is -2.33. The molecule has 3 heterocycles. The van der Waals surface area contributed by atoms with Crippen LogP contribution < -0.4 is 15.5 Å². The summed E-state index contributed by atoms with van der Waals surface area (Å²) in [7, 11) is 2.16. The van der Waals surface area contributed by atoms with Gasteiger partial charge in [-0.3, -0.25) is 0 Å². The molecule has 3 rings (SSSR count). The summed E-state index contributed by atoms with van der Waals surface area (Å²) in [5, 5.41) is 14.8. The molecule has 2 aromatic rings. The standard InChI is InChI=1S/C20H33N9/c1-4-18-26-25-16-29(18)9-8-22-20(21-5-2)24-15-17-6-7-19(23-14-17)28-12-10-27(3)11-13-28/h6-7,14,16H,4-5,8-13,15H2,1-3H3,(H2,21,22,24). The van der Waals surface area contributed by atoms with E-state index in [2.05, 4.69) is 73.2 Å². The van der Waals surface area contributed by atoms with Crippen LogP contribution in [0.4, 0.5) is 5.82 Å². The number of nitrogens with zero attached hydrogens (tertiary/aromatic N) is 7.